The van der Waals surface area contributed by atoms with Crippen LogP contribution < -0.4 is 5.32 Å². The second kappa shape index (κ2) is 6.87. The van der Waals surface area contributed by atoms with Gasteiger partial charge in [-0.3, -0.25) is 0 Å². The summed E-state index contributed by atoms with van der Waals surface area (Å²) < 4.78 is 16.8. The predicted molar refractivity (Wildman–Crippen MR) is 80.4 cm³/mol. The third-order valence-corrected chi connectivity index (χ3v) is 8.92. The van der Waals surface area contributed by atoms with E-state index in [0.717, 1.165) is 12.5 Å². The molecule has 1 N–H and O–H groups in total. The van der Waals surface area contributed by atoms with Crippen LogP contribution in [0.4, 0.5) is 4.79 Å². The van der Waals surface area contributed by atoms with Crippen LogP contribution in [-0.4, -0.2) is 48.6 Å². The van der Waals surface area contributed by atoms with Gasteiger partial charge >= 0.3 is 6.09 Å². The zero-order valence-electron chi connectivity index (χ0n) is 12.7. The van der Waals surface area contributed by atoms with Gasteiger partial charge in [-0.1, -0.05) is 0 Å². The Kier molecular flexibility index (Phi) is 6.03. The largest absolute Gasteiger partial charge is 0.456 e. The highest BCUT2D eigenvalue weighted by Gasteiger charge is 2.29. The Morgan fingerprint density at radius 3 is 2.53 bits per heavy atom. The summed E-state index contributed by atoms with van der Waals surface area (Å²) in [4.78, 5) is 10.8. The topological polar surface area (TPSA) is 56.8 Å². The van der Waals surface area contributed by atoms with E-state index >= 15 is 0 Å². The number of rotatable bonds is 8. The SMILES string of the molecule is C[Si](C)(C)O[Si](C)(C)CCCOCC1CNC(=O)O1. The lowest BCUT2D eigenvalue weighted by molar-refractivity contribution is 0.0460. The van der Waals surface area contributed by atoms with Crippen molar-refractivity contribution in [3.05, 3.63) is 0 Å². The summed E-state index contributed by atoms with van der Waals surface area (Å²) in [5.41, 5.74) is 0. The molecule has 1 atom stereocenters. The monoisotopic (exact) mass is 305 g/mol. The van der Waals surface area contributed by atoms with Gasteiger partial charge in [0, 0.05) is 6.61 Å². The Hall–Kier alpha value is -0.376. The van der Waals surface area contributed by atoms with Gasteiger partial charge in [0.25, 0.3) is 0 Å². The molecular weight excluding hydrogens is 278 g/mol. The van der Waals surface area contributed by atoms with Crippen molar-refractivity contribution < 1.29 is 18.4 Å². The first-order valence-corrected chi connectivity index (χ1v) is 13.4. The van der Waals surface area contributed by atoms with Gasteiger partial charge in [-0.25, -0.2) is 4.79 Å². The van der Waals surface area contributed by atoms with E-state index in [-0.39, 0.29) is 12.2 Å². The van der Waals surface area contributed by atoms with Crippen molar-refractivity contribution in [2.24, 2.45) is 0 Å². The summed E-state index contributed by atoms with van der Waals surface area (Å²) in [6, 6.07) is 1.11. The van der Waals surface area contributed by atoms with Gasteiger partial charge in [0.15, 0.2) is 16.6 Å². The molecule has 1 rings (SSSR count). The molecule has 5 nitrogen and oxygen atoms in total. The summed E-state index contributed by atoms with van der Waals surface area (Å²) in [5, 5.41) is 2.61. The Bertz CT molecular complexity index is 305. The van der Waals surface area contributed by atoms with Crippen LogP contribution in [0.15, 0.2) is 0 Å². The molecule has 0 spiro atoms. The van der Waals surface area contributed by atoms with Crippen LogP contribution >= 0.6 is 0 Å². The van der Waals surface area contributed by atoms with Crippen molar-refractivity contribution in [3.63, 3.8) is 0 Å². The first-order valence-electron chi connectivity index (χ1n) is 6.90. The highest BCUT2D eigenvalue weighted by atomic mass is 28.4. The van der Waals surface area contributed by atoms with E-state index in [0.29, 0.717) is 19.8 Å². The molecule has 19 heavy (non-hydrogen) atoms. The van der Waals surface area contributed by atoms with E-state index in [9.17, 15) is 4.79 Å². The summed E-state index contributed by atoms with van der Waals surface area (Å²) in [6.07, 6.45) is 0.541. The molecule has 0 aromatic rings. The fourth-order valence-corrected chi connectivity index (χ4v) is 10.3. The van der Waals surface area contributed by atoms with Crippen molar-refractivity contribution >= 4 is 22.7 Å². The normalized spacial score (nSPS) is 20.3. The second-order valence-corrected chi connectivity index (χ2v) is 15.6. The Morgan fingerprint density at radius 2 is 2.00 bits per heavy atom. The van der Waals surface area contributed by atoms with Gasteiger partial charge in [-0.2, -0.15) is 0 Å². The fourth-order valence-electron chi connectivity index (χ4n) is 2.22. The molecule has 112 valence electrons. The maximum absolute atomic E-state index is 10.8. The molecule has 0 saturated carbocycles. The van der Waals surface area contributed by atoms with Gasteiger partial charge in [0.2, 0.25) is 0 Å². The van der Waals surface area contributed by atoms with E-state index in [1.807, 2.05) is 0 Å². The van der Waals surface area contributed by atoms with Gasteiger partial charge < -0.3 is 18.9 Å². The van der Waals surface area contributed by atoms with Crippen LogP contribution in [0, 0.1) is 0 Å². The third kappa shape index (κ3) is 7.71. The van der Waals surface area contributed by atoms with Crippen LogP contribution in [0.2, 0.25) is 38.8 Å². The molecule has 1 aliphatic rings. The molecule has 0 radical (unpaired) electrons. The summed E-state index contributed by atoms with van der Waals surface area (Å²) in [7, 11) is -2.98. The smallest absolute Gasteiger partial charge is 0.407 e. The molecule has 0 bridgehead atoms. The Balaban J connectivity index is 2.08. The van der Waals surface area contributed by atoms with E-state index in [1.54, 1.807) is 0 Å². The molecule has 1 saturated heterocycles. The van der Waals surface area contributed by atoms with Crippen molar-refractivity contribution in [2.45, 2.75) is 51.3 Å². The number of cyclic esters (lactones) is 1. The molecule has 0 aromatic carbocycles. The maximum Gasteiger partial charge on any atom is 0.407 e. The highest BCUT2D eigenvalue weighted by Crippen LogP contribution is 2.19. The highest BCUT2D eigenvalue weighted by molar-refractivity contribution is 6.84. The molecule has 1 amide bonds. The third-order valence-electron chi connectivity index (χ3n) is 2.70. The van der Waals surface area contributed by atoms with Gasteiger partial charge in [-0.15, -0.1) is 0 Å². The zero-order valence-corrected chi connectivity index (χ0v) is 14.7. The van der Waals surface area contributed by atoms with E-state index in [2.05, 4.69) is 38.1 Å². The van der Waals surface area contributed by atoms with E-state index < -0.39 is 16.6 Å². The maximum atomic E-state index is 10.8. The average Bonchev–Trinajstić information content (AvgIpc) is 2.59. The molecule has 1 unspecified atom stereocenters. The van der Waals surface area contributed by atoms with Crippen LogP contribution in [0.25, 0.3) is 0 Å². The van der Waals surface area contributed by atoms with Gasteiger partial charge in [0.1, 0.15) is 6.10 Å². The summed E-state index contributed by atoms with van der Waals surface area (Å²) in [5.74, 6) is 0. The number of amides is 1. The number of hydrogen-bond acceptors (Lipinski definition) is 4. The first kappa shape index (κ1) is 16.7. The van der Waals surface area contributed by atoms with E-state index in [4.69, 9.17) is 13.6 Å². The molecule has 1 fully saturated rings. The van der Waals surface area contributed by atoms with Crippen molar-refractivity contribution in [1.29, 1.82) is 0 Å². The number of nitrogens with one attached hydrogen (secondary N) is 1. The molecular formula is C12H27NO4Si2. The number of ether oxygens (including phenoxy) is 2. The summed E-state index contributed by atoms with van der Waals surface area (Å²) in [6.45, 7) is 13.0. The Labute approximate surface area is 118 Å². The number of hydrogen-bond donors (Lipinski definition) is 1. The minimum Gasteiger partial charge on any atom is -0.456 e. The quantitative estimate of drug-likeness (QED) is 0.553. The first-order chi connectivity index (χ1) is 8.68. The average molecular weight is 306 g/mol. The molecule has 7 heteroatoms. The molecule has 1 heterocycles. The van der Waals surface area contributed by atoms with Crippen LogP contribution in [0.5, 0.6) is 0 Å². The van der Waals surface area contributed by atoms with Gasteiger partial charge in [-0.05, 0) is 45.2 Å². The van der Waals surface area contributed by atoms with Gasteiger partial charge in [0.05, 0.1) is 13.2 Å². The number of carbonyl (C=O) groups is 1. The zero-order chi connectivity index (χ0) is 14.5. The minimum atomic E-state index is -1.55. The summed E-state index contributed by atoms with van der Waals surface area (Å²) >= 11 is 0. The van der Waals surface area contributed by atoms with Crippen molar-refractivity contribution in [2.75, 3.05) is 19.8 Å². The number of alkyl carbamates (subject to hydrolysis) is 1. The van der Waals surface area contributed by atoms with Crippen LogP contribution in [0.1, 0.15) is 6.42 Å². The van der Waals surface area contributed by atoms with E-state index in [1.165, 1.54) is 0 Å². The van der Waals surface area contributed by atoms with Crippen LogP contribution in [0.3, 0.4) is 0 Å². The van der Waals surface area contributed by atoms with Crippen molar-refractivity contribution in [3.8, 4) is 0 Å². The predicted octanol–water partition coefficient (Wildman–Crippen LogP) is 2.56. The molecule has 1 aliphatic heterocycles. The Morgan fingerprint density at radius 1 is 1.32 bits per heavy atom. The second-order valence-electron chi connectivity index (χ2n) is 6.56. The lowest BCUT2D eigenvalue weighted by atomic mass is 10.4. The lowest BCUT2D eigenvalue weighted by Gasteiger charge is -2.31. The molecule has 0 aromatic heterocycles. The van der Waals surface area contributed by atoms with Crippen molar-refractivity contribution in [1.82, 2.24) is 5.32 Å². The lowest BCUT2D eigenvalue weighted by Crippen LogP contribution is -2.42. The number of carbonyl (C=O) groups excluding carboxylic acids is 1. The molecule has 0 aliphatic carbocycles. The van der Waals surface area contributed by atoms with Crippen LogP contribution in [-0.2, 0) is 13.6 Å². The minimum absolute atomic E-state index is 0.129. The fraction of sp³-hybridized carbons (Fsp3) is 0.917. The standard InChI is InChI=1S/C12H27NO4Si2/c1-18(2,3)17-19(4,5)8-6-7-15-10-11-9-13-12(14)16-11/h11H,6-10H2,1-5H3,(H,13,14).